The zero-order valence-corrected chi connectivity index (χ0v) is 4.16. The first-order chi connectivity index (χ1) is 1.41. The number of rotatable bonds is 0. The summed E-state index contributed by atoms with van der Waals surface area (Å²) >= 11 is 0. The van der Waals surface area contributed by atoms with Gasteiger partial charge in [-0.05, 0) is 11.0 Å². The molecule has 8 heteroatoms. The molecule has 5 N–H and O–H groups in total. The minimum absolute atomic E-state index is 0. The summed E-state index contributed by atoms with van der Waals surface area (Å²) in [6, 6.07) is 0. The zero-order chi connectivity index (χ0) is 2.71. The smallest absolute Gasteiger partial charge is 0.870 e. The second kappa shape index (κ2) is 721. The lowest BCUT2D eigenvalue weighted by molar-refractivity contribution is 0.497. The first-order valence-corrected chi connectivity index (χ1v) is 1.22. The first-order valence-electron chi connectivity index (χ1n) is 0.408. The molecule has 76 valence electrons. The second-order valence-corrected chi connectivity index (χ2v) is 0.250. The van der Waals surface area contributed by atoms with Gasteiger partial charge in [0.05, 0.1) is 0 Å². The molecule has 0 atom stereocenters. The Morgan fingerprint density at radius 1 is 1.00 bits per heavy atom. The van der Waals surface area contributed by atoms with Gasteiger partial charge in [-0.2, -0.15) is 0 Å². The Morgan fingerprint density at radius 3 is 1.00 bits per heavy atom. The highest BCUT2D eigenvalue weighted by molar-refractivity contribution is 5.94. The molecule has 0 heterocycles. The summed E-state index contributed by atoms with van der Waals surface area (Å²) in [5, 5.41) is 0. The third kappa shape index (κ3) is 23300. The molecule has 0 aliphatic heterocycles. The first kappa shape index (κ1) is 221. The molecule has 0 rings (SSSR count). The Balaban J connectivity index is -0.000000000303. The zero-order valence-electron chi connectivity index (χ0n) is 6.16. The third-order valence-corrected chi connectivity index (χ3v) is 0. The van der Waals surface area contributed by atoms with Gasteiger partial charge in [0.1, 0.15) is 0 Å². The topological polar surface area (TPSA) is 156 Å². The van der Waals surface area contributed by atoms with Crippen LogP contribution in [0.5, 0.6) is 0 Å². The highest BCUT2D eigenvalue weighted by Crippen LogP contribution is 0.759. The van der Waals surface area contributed by atoms with Crippen LogP contribution in [-0.4, -0.2) is 42.2 Å². The van der Waals surface area contributed by atoms with Crippen molar-refractivity contribution in [3.63, 3.8) is 0 Å². The summed E-state index contributed by atoms with van der Waals surface area (Å²) in [6.07, 6.45) is 0. The van der Waals surface area contributed by atoms with Gasteiger partial charge in [0.15, 0.2) is 0 Å². The predicted molar refractivity (Wildman–Crippen MR) is 48.9 cm³/mol. The maximum Gasteiger partial charge on any atom is 1.00 e. The van der Waals surface area contributed by atoms with Gasteiger partial charge in [-0.1, -0.05) is 14.9 Å². The van der Waals surface area contributed by atoms with Gasteiger partial charge in [-0.15, -0.1) is 0 Å². The lowest BCUT2D eigenvalue weighted by Crippen LogP contribution is -1.26. The third-order valence-electron chi connectivity index (χ3n) is 0. The summed E-state index contributed by atoms with van der Waals surface area (Å²) in [7, 11) is -1.42. The van der Waals surface area contributed by atoms with Crippen LogP contribution in [0.25, 0.3) is 0 Å². The predicted octanol–water partition coefficient (Wildman–Crippen LogP) is -1.32. The molecule has 0 aliphatic rings. The Kier molecular flexibility index (Phi) is 16000. The van der Waals surface area contributed by atoms with E-state index < -0.39 is 9.29 Å². The molecule has 0 saturated heterocycles. The molecule has 0 unspecified atom stereocenters. The minimum Gasteiger partial charge on any atom is -0.870 e. The molecule has 0 aromatic carbocycles. The second-order valence-electron chi connectivity index (χ2n) is 0.0833. The van der Waals surface area contributed by atoms with Crippen LogP contribution in [0.15, 0.2) is 0 Å². The van der Waals surface area contributed by atoms with E-state index in [1.54, 1.807) is 0 Å². The van der Waals surface area contributed by atoms with Crippen LogP contribution in [0.2, 0.25) is 0 Å². The molecule has 0 amide bonds. The standard InChI is InChI=1S/2CH4.O2Si.4H2O.H4Si.2H2/c;;1-3-2;;;;;;;/h2*1H4;;4*1H2;1H4;2*1H. The highest BCUT2D eigenvalue weighted by atomic mass is 28.2. The fourth-order valence-corrected chi connectivity index (χ4v) is 0. The summed E-state index contributed by atoms with van der Waals surface area (Å²) in [5.41, 5.74) is 0. The number of hydrogen-bond acceptors (Lipinski definition) is 5. The van der Waals surface area contributed by atoms with Crippen LogP contribution in [0.3, 0.4) is 0 Å². The van der Waals surface area contributed by atoms with E-state index in [9.17, 15) is 0 Å². The van der Waals surface area contributed by atoms with Gasteiger partial charge in [0.25, 0.3) is 0 Å². The molecule has 0 bridgehead atoms. The van der Waals surface area contributed by atoms with Crippen molar-refractivity contribution in [3.05, 3.63) is 0 Å². The highest BCUT2D eigenvalue weighted by Gasteiger charge is 1.22. The van der Waals surface area contributed by atoms with E-state index in [-0.39, 0.29) is 54.9 Å². The molecule has 0 radical (unpaired) electrons. The monoisotopic (exact) mass is 200 g/mol. The molecule has 6 nitrogen and oxygen atoms in total. The summed E-state index contributed by atoms with van der Waals surface area (Å²) < 4.78 is 16.8. The van der Waals surface area contributed by atoms with E-state index in [0.717, 1.165) is 0 Å². The lowest BCUT2D eigenvalue weighted by atomic mass is 12.0. The van der Waals surface area contributed by atoms with Crippen molar-refractivity contribution in [3.8, 4) is 0 Å². The molecule has 0 aromatic heterocycles. The lowest BCUT2D eigenvalue weighted by Gasteiger charge is -0.944. The summed E-state index contributed by atoms with van der Waals surface area (Å²) in [4.78, 5) is 0. The molecular weight excluding hydrogens is 176 g/mol. The Labute approximate surface area is 74.3 Å². The van der Waals surface area contributed by atoms with Crippen LogP contribution < -0.4 is 0 Å². The molecule has 0 aromatic rings. The van der Waals surface area contributed by atoms with E-state index in [1.807, 2.05) is 0 Å². The minimum atomic E-state index is -1.42. The Morgan fingerprint density at radius 2 is 1.00 bits per heavy atom. The van der Waals surface area contributed by atoms with Crippen molar-refractivity contribution >= 4 is 20.3 Å². The van der Waals surface area contributed by atoms with Gasteiger partial charge in [0.2, 0.25) is 0 Å². The molecule has 0 saturated carbocycles. The van der Waals surface area contributed by atoms with Gasteiger partial charge in [0, 0.05) is 2.85 Å². The molecule has 0 spiro atoms. The quantitative estimate of drug-likeness (QED) is 0.443. The van der Waals surface area contributed by atoms with Gasteiger partial charge >= 0.3 is 13.6 Å². The van der Waals surface area contributed by atoms with Crippen LogP contribution in [0.1, 0.15) is 22.0 Å². The molecular formula is C2H24O6Si2. The van der Waals surface area contributed by atoms with Crippen molar-refractivity contribution in [1.82, 2.24) is 0 Å². The van der Waals surface area contributed by atoms with Crippen LogP contribution in [0, 0.1) is 0 Å². The van der Waals surface area contributed by atoms with E-state index in [2.05, 4.69) is 0 Å². The normalized spacial score (nSPS) is 0.800. The van der Waals surface area contributed by atoms with Crippen molar-refractivity contribution in [2.24, 2.45) is 0 Å². The van der Waals surface area contributed by atoms with E-state index in [4.69, 9.17) is 8.92 Å². The average molecular weight is 200 g/mol. The fourth-order valence-electron chi connectivity index (χ4n) is 0. The van der Waals surface area contributed by atoms with Crippen LogP contribution >= 0.6 is 0 Å². The van der Waals surface area contributed by atoms with E-state index in [1.165, 1.54) is 0 Å². The van der Waals surface area contributed by atoms with Crippen molar-refractivity contribution in [2.45, 2.75) is 14.9 Å². The Hall–Kier alpha value is -0.126. The maximum absolute atomic E-state index is 8.40. The van der Waals surface area contributed by atoms with Crippen molar-refractivity contribution < 1.29 is 38.0 Å². The average Bonchev–Trinajstić information content (AvgIpc) is 0.918. The van der Waals surface area contributed by atoms with Crippen LogP contribution in [0.4, 0.5) is 0 Å². The van der Waals surface area contributed by atoms with Crippen molar-refractivity contribution in [1.29, 1.82) is 0 Å². The number of hydrogen-bond donors (Lipinski definition) is 0. The summed E-state index contributed by atoms with van der Waals surface area (Å²) in [6.45, 7) is 0. The Bertz CT molecular complexity index is 48.5. The molecule has 0 aliphatic carbocycles. The van der Waals surface area contributed by atoms with Gasteiger partial charge in [-0.25, -0.2) is 0 Å². The van der Waals surface area contributed by atoms with E-state index in [0.29, 0.717) is 0 Å². The summed E-state index contributed by atoms with van der Waals surface area (Å²) in [5.74, 6) is 0. The van der Waals surface area contributed by atoms with Crippen molar-refractivity contribution in [2.75, 3.05) is 0 Å². The van der Waals surface area contributed by atoms with E-state index >= 15 is 0 Å². The fraction of sp³-hybridized carbons (Fsp3) is 1.00. The van der Waals surface area contributed by atoms with Gasteiger partial charge < -0.3 is 21.9 Å². The largest absolute Gasteiger partial charge is 1.00 e. The van der Waals surface area contributed by atoms with Gasteiger partial charge in [-0.3, -0.25) is 8.92 Å². The molecule has 10 heavy (non-hydrogen) atoms. The maximum atomic E-state index is 8.40. The molecule has 0 fully saturated rings. The van der Waals surface area contributed by atoms with Crippen LogP contribution in [-0.2, 0) is 8.92 Å². The SMILES string of the molecule is C.C.O.O=[Si]=O.[H+].[H+].[H+].[HH].[HH].[OH-].[OH-].[OH-].[SiH4].